The second kappa shape index (κ2) is 7.13. The summed E-state index contributed by atoms with van der Waals surface area (Å²) in [7, 11) is 2.04. The third-order valence-corrected chi connectivity index (χ3v) is 5.16. The molecule has 1 saturated heterocycles. The zero-order chi connectivity index (χ0) is 19.0. The molecular weight excluding hydrogens is 345 g/mol. The van der Waals surface area contributed by atoms with Crippen LogP contribution in [0, 0.1) is 5.82 Å². The van der Waals surface area contributed by atoms with Crippen molar-refractivity contribution in [2.45, 2.75) is 6.04 Å². The third-order valence-electron chi connectivity index (χ3n) is 5.16. The topological polar surface area (TPSA) is 53.0 Å². The summed E-state index contributed by atoms with van der Waals surface area (Å²) in [5.41, 5.74) is 1.51. The highest BCUT2D eigenvalue weighted by molar-refractivity contribution is 6.55. The molecule has 138 valence electrons. The minimum Gasteiger partial charge on any atom is -0.304 e. The van der Waals surface area contributed by atoms with E-state index in [0.29, 0.717) is 29.9 Å². The fourth-order valence-corrected chi connectivity index (χ4v) is 3.62. The highest BCUT2D eigenvalue weighted by Gasteiger charge is 2.42. The predicted molar refractivity (Wildman–Crippen MR) is 101 cm³/mol. The standard InChI is InChI=1S/C21H20FN3O2/c1-24-10-12-25(13-11-24)19-18(23-15-8-6-14(22)7-9-15)20(26)16-4-2-3-5-17(16)21(19)27/h2-9,19H,10-13H2,1H3. The number of piperazine rings is 1. The molecule has 27 heavy (non-hydrogen) atoms. The number of carbonyl (C=O) groups is 2. The molecular formula is C21H20FN3O2. The van der Waals surface area contributed by atoms with Crippen LogP contribution < -0.4 is 0 Å². The first-order valence-corrected chi connectivity index (χ1v) is 8.99. The van der Waals surface area contributed by atoms with Crippen LogP contribution in [-0.4, -0.2) is 66.3 Å². The van der Waals surface area contributed by atoms with Crippen LogP contribution in [0.15, 0.2) is 53.5 Å². The quantitative estimate of drug-likeness (QED) is 0.821. The van der Waals surface area contributed by atoms with Gasteiger partial charge in [-0.3, -0.25) is 14.5 Å². The Morgan fingerprint density at radius 3 is 2.22 bits per heavy atom. The zero-order valence-corrected chi connectivity index (χ0v) is 15.1. The van der Waals surface area contributed by atoms with Crippen LogP contribution in [0.1, 0.15) is 20.7 Å². The number of hydrogen-bond donors (Lipinski definition) is 0. The van der Waals surface area contributed by atoms with Gasteiger partial charge >= 0.3 is 0 Å². The SMILES string of the molecule is CN1CCN(C2C(=O)c3ccccc3C(=O)C2=Nc2ccc(F)cc2)CC1. The van der Waals surface area contributed by atoms with E-state index < -0.39 is 6.04 Å². The number of hydrogen-bond acceptors (Lipinski definition) is 5. The number of Topliss-reactive ketones (excluding diaryl/α,β-unsaturated/α-hetero) is 2. The Kier molecular flexibility index (Phi) is 4.68. The molecule has 1 aliphatic carbocycles. The summed E-state index contributed by atoms with van der Waals surface area (Å²) >= 11 is 0. The second-order valence-electron chi connectivity index (χ2n) is 6.95. The van der Waals surface area contributed by atoms with Gasteiger partial charge in [-0.05, 0) is 31.3 Å². The molecule has 2 aliphatic rings. The Bertz CT molecular complexity index is 915. The fraction of sp³-hybridized carbons (Fsp3) is 0.286. The van der Waals surface area contributed by atoms with Crippen molar-refractivity contribution in [2.24, 2.45) is 4.99 Å². The smallest absolute Gasteiger partial charge is 0.210 e. The maximum absolute atomic E-state index is 13.2. The monoisotopic (exact) mass is 365 g/mol. The summed E-state index contributed by atoms with van der Waals surface area (Å²) in [5, 5.41) is 0. The van der Waals surface area contributed by atoms with E-state index in [4.69, 9.17) is 0 Å². The minimum absolute atomic E-state index is 0.101. The molecule has 2 aromatic rings. The van der Waals surface area contributed by atoms with E-state index in [0.717, 1.165) is 13.1 Å². The van der Waals surface area contributed by atoms with E-state index in [-0.39, 0.29) is 23.1 Å². The van der Waals surface area contributed by atoms with E-state index >= 15 is 0 Å². The predicted octanol–water partition coefficient (Wildman–Crippen LogP) is 2.59. The molecule has 1 unspecified atom stereocenters. The number of fused-ring (bicyclic) bond motifs is 1. The van der Waals surface area contributed by atoms with Crippen LogP contribution in [-0.2, 0) is 0 Å². The minimum atomic E-state index is -0.703. The van der Waals surface area contributed by atoms with Crippen molar-refractivity contribution in [3.05, 3.63) is 65.5 Å². The number of carbonyl (C=O) groups excluding carboxylic acids is 2. The van der Waals surface area contributed by atoms with Crippen molar-refractivity contribution in [3.8, 4) is 0 Å². The number of benzene rings is 2. The zero-order valence-electron chi connectivity index (χ0n) is 15.1. The Hall–Kier alpha value is -2.70. The Morgan fingerprint density at radius 1 is 0.926 bits per heavy atom. The van der Waals surface area contributed by atoms with Crippen LogP contribution in [0.5, 0.6) is 0 Å². The molecule has 4 rings (SSSR count). The van der Waals surface area contributed by atoms with Gasteiger partial charge in [-0.25, -0.2) is 9.38 Å². The highest BCUT2D eigenvalue weighted by Crippen LogP contribution is 2.26. The lowest BCUT2D eigenvalue weighted by Crippen LogP contribution is -2.57. The number of ketones is 2. The molecule has 0 bridgehead atoms. The molecule has 0 N–H and O–H groups in total. The van der Waals surface area contributed by atoms with Gasteiger partial charge in [0.05, 0.1) is 5.69 Å². The van der Waals surface area contributed by atoms with Crippen LogP contribution in [0.2, 0.25) is 0 Å². The van der Waals surface area contributed by atoms with Crippen LogP contribution >= 0.6 is 0 Å². The summed E-state index contributed by atoms with van der Waals surface area (Å²) in [6.07, 6.45) is 0. The van der Waals surface area contributed by atoms with Crippen molar-refractivity contribution >= 4 is 23.0 Å². The molecule has 0 radical (unpaired) electrons. The molecule has 1 atom stereocenters. The van der Waals surface area contributed by atoms with Crippen LogP contribution in [0.25, 0.3) is 0 Å². The summed E-state index contributed by atoms with van der Waals surface area (Å²) in [6.45, 7) is 3.02. The summed E-state index contributed by atoms with van der Waals surface area (Å²) in [6, 6.07) is 11.8. The second-order valence-corrected chi connectivity index (χ2v) is 6.95. The first kappa shape index (κ1) is 17.7. The molecule has 6 heteroatoms. The van der Waals surface area contributed by atoms with E-state index in [1.54, 1.807) is 24.3 Å². The maximum atomic E-state index is 13.2. The van der Waals surface area contributed by atoms with Crippen molar-refractivity contribution in [3.63, 3.8) is 0 Å². The number of halogens is 1. The molecule has 0 saturated carbocycles. The van der Waals surface area contributed by atoms with Gasteiger partial charge in [0.1, 0.15) is 17.6 Å². The summed E-state index contributed by atoms with van der Waals surface area (Å²) < 4.78 is 13.2. The first-order chi connectivity index (χ1) is 13.0. The highest BCUT2D eigenvalue weighted by atomic mass is 19.1. The lowest BCUT2D eigenvalue weighted by molar-refractivity contribution is 0.0778. The first-order valence-electron chi connectivity index (χ1n) is 8.99. The van der Waals surface area contributed by atoms with Crippen molar-refractivity contribution in [1.82, 2.24) is 9.80 Å². The Balaban J connectivity index is 1.80. The number of rotatable bonds is 2. The largest absolute Gasteiger partial charge is 0.304 e. The van der Waals surface area contributed by atoms with Crippen LogP contribution in [0.4, 0.5) is 10.1 Å². The van der Waals surface area contributed by atoms with E-state index in [1.165, 1.54) is 24.3 Å². The number of nitrogens with zero attached hydrogens (tertiary/aromatic N) is 3. The average molecular weight is 365 g/mol. The van der Waals surface area contributed by atoms with E-state index in [9.17, 15) is 14.0 Å². The van der Waals surface area contributed by atoms with Gasteiger partial charge in [-0.2, -0.15) is 0 Å². The molecule has 0 spiro atoms. The fourth-order valence-electron chi connectivity index (χ4n) is 3.62. The van der Waals surface area contributed by atoms with Gasteiger partial charge in [-0.1, -0.05) is 24.3 Å². The van der Waals surface area contributed by atoms with Crippen LogP contribution in [0.3, 0.4) is 0 Å². The number of aliphatic imine (C=N–C) groups is 1. The van der Waals surface area contributed by atoms with Gasteiger partial charge in [-0.15, -0.1) is 0 Å². The van der Waals surface area contributed by atoms with Gasteiger partial charge in [0.15, 0.2) is 5.78 Å². The van der Waals surface area contributed by atoms with Gasteiger partial charge in [0.2, 0.25) is 5.78 Å². The summed E-state index contributed by atoms with van der Waals surface area (Å²) in [5.74, 6) is -0.708. The van der Waals surface area contributed by atoms with E-state index in [2.05, 4.69) is 9.89 Å². The van der Waals surface area contributed by atoms with Crippen molar-refractivity contribution in [2.75, 3.05) is 33.2 Å². The van der Waals surface area contributed by atoms with E-state index in [1.807, 2.05) is 11.9 Å². The molecule has 1 heterocycles. The van der Waals surface area contributed by atoms with Gasteiger partial charge in [0, 0.05) is 37.3 Å². The van der Waals surface area contributed by atoms with Crippen molar-refractivity contribution < 1.29 is 14.0 Å². The molecule has 2 aromatic carbocycles. The molecule has 5 nitrogen and oxygen atoms in total. The van der Waals surface area contributed by atoms with Crippen molar-refractivity contribution in [1.29, 1.82) is 0 Å². The molecule has 1 fully saturated rings. The lowest BCUT2D eigenvalue weighted by atomic mass is 9.83. The third kappa shape index (κ3) is 3.34. The lowest BCUT2D eigenvalue weighted by Gasteiger charge is -2.39. The Labute approximate surface area is 157 Å². The molecule has 0 aromatic heterocycles. The Morgan fingerprint density at radius 2 is 1.56 bits per heavy atom. The average Bonchev–Trinajstić information content (AvgIpc) is 2.69. The normalized spacial score (nSPS) is 22.9. The van der Waals surface area contributed by atoms with Gasteiger partial charge < -0.3 is 4.90 Å². The van der Waals surface area contributed by atoms with Gasteiger partial charge in [0.25, 0.3) is 0 Å². The molecule has 1 aliphatic heterocycles. The molecule has 0 amide bonds. The number of likely N-dealkylation sites (N-methyl/N-ethyl adjacent to an activating group) is 1. The maximum Gasteiger partial charge on any atom is 0.210 e. The summed E-state index contributed by atoms with van der Waals surface area (Å²) in [4.78, 5) is 35.1.